The minimum atomic E-state index is -0.113. The molecule has 0 fully saturated rings. The summed E-state index contributed by atoms with van der Waals surface area (Å²) in [6.45, 7) is 6.79. The lowest BCUT2D eigenvalue weighted by Crippen LogP contribution is -2.14. The molecule has 0 spiro atoms. The lowest BCUT2D eigenvalue weighted by Gasteiger charge is -2.12. The van der Waals surface area contributed by atoms with E-state index in [9.17, 15) is 4.79 Å². The molecule has 3 nitrogen and oxygen atoms in total. The SMILES string of the molecule is CCCCOc1cccc(C(=O)Nc2c(C)cccc2C)c1. The Morgan fingerprint density at radius 2 is 1.77 bits per heavy atom. The molecule has 0 aromatic heterocycles. The van der Waals surface area contributed by atoms with Gasteiger partial charge in [-0.15, -0.1) is 0 Å². The second kappa shape index (κ2) is 7.64. The number of aryl methyl sites for hydroxylation is 2. The van der Waals surface area contributed by atoms with Crippen LogP contribution in [0.4, 0.5) is 5.69 Å². The van der Waals surface area contributed by atoms with Crippen molar-refractivity contribution in [3.8, 4) is 5.75 Å². The number of benzene rings is 2. The van der Waals surface area contributed by atoms with E-state index < -0.39 is 0 Å². The van der Waals surface area contributed by atoms with E-state index in [0.717, 1.165) is 35.4 Å². The maximum atomic E-state index is 12.4. The van der Waals surface area contributed by atoms with Crippen LogP contribution in [0.3, 0.4) is 0 Å². The zero-order chi connectivity index (χ0) is 15.9. The summed E-state index contributed by atoms with van der Waals surface area (Å²) in [4.78, 5) is 12.4. The van der Waals surface area contributed by atoms with Gasteiger partial charge >= 0.3 is 0 Å². The first kappa shape index (κ1) is 16.1. The maximum absolute atomic E-state index is 12.4. The highest BCUT2D eigenvalue weighted by Crippen LogP contribution is 2.21. The first-order valence-corrected chi connectivity index (χ1v) is 7.72. The third kappa shape index (κ3) is 4.10. The zero-order valence-corrected chi connectivity index (χ0v) is 13.5. The predicted octanol–water partition coefficient (Wildman–Crippen LogP) is 4.73. The van der Waals surface area contributed by atoms with E-state index >= 15 is 0 Å². The smallest absolute Gasteiger partial charge is 0.255 e. The summed E-state index contributed by atoms with van der Waals surface area (Å²) in [7, 11) is 0. The predicted molar refractivity (Wildman–Crippen MR) is 90.7 cm³/mol. The molecule has 0 saturated carbocycles. The Labute approximate surface area is 132 Å². The number of hydrogen-bond acceptors (Lipinski definition) is 2. The molecule has 116 valence electrons. The highest BCUT2D eigenvalue weighted by atomic mass is 16.5. The monoisotopic (exact) mass is 297 g/mol. The zero-order valence-electron chi connectivity index (χ0n) is 13.5. The van der Waals surface area contributed by atoms with E-state index in [1.165, 1.54) is 0 Å². The van der Waals surface area contributed by atoms with Crippen molar-refractivity contribution >= 4 is 11.6 Å². The second-order valence-electron chi connectivity index (χ2n) is 5.45. The largest absolute Gasteiger partial charge is 0.494 e. The molecule has 22 heavy (non-hydrogen) atoms. The van der Waals surface area contributed by atoms with Crippen LogP contribution in [-0.2, 0) is 0 Å². The van der Waals surface area contributed by atoms with E-state index in [-0.39, 0.29) is 5.91 Å². The lowest BCUT2D eigenvalue weighted by atomic mass is 10.1. The normalized spacial score (nSPS) is 10.3. The lowest BCUT2D eigenvalue weighted by molar-refractivity contribution is 0.102. The standard InChI is InChI=1S/C19H23NO2/c1-4-5-12-22-17-11-7-10-16(13-17)19(21)20-18-14(2)8-6-9-15(18)3/h6-11,13H,4-5,12H2,1-3H3,(H,20,21). The Bertz CT molecular complexity index is 629. The van der Waals surface area contributed by atoms with Crippen LogP contribution in [0.2, 0.25) is 0 Å². The number of nitrogens with one attached hydrogen (secondary N) is 1. The molecular weight excluding hydrogens is 274 g/mol. The van der Waals surface area contributed by atoms with Crippen LogP contribution in [-0.4, -0.2) is 12.5 Å². The van der Waals surface area contributed by atoms with E-state index in [1.54, 1.807) is 12.1 Å². The summed E-state index contributed by atoms with van der Waals surface area (Å²) < 4.78 is 5.65. The van der Waals surface area contributed by atoms with E-state index in [1.807, 2.05) is 44.2 Å². The van der Waals surface area contributed by atoms with Crippen molar-refractivity contribution in [3.05, 3.63) is 59.2 Å². The van der Waals surface area contributed by atoms with E-state index in [0.29, 0.717) is 12.2 Å². The van der Waals surface area contributed by atoms with Crippen molar-refractivity contribution in [2.24, 2.45) is 0 Å². The summed E-state index contributed by atoms with van der Waals surface area (Å²) in [6, 6.07) is 13.3. The van der Waals surface area contributed by atoms with Crippen molar-refractivity contribution in [2.45, 2.75) is 33.6 Å². The van der Waals surface area contributed by atoms with Crippen LogP contribution in [0.5, 0.6) is 5.75 Å². The topological polar surface area (TPSA) is 38.3 Å². The molecular formula is C19H23NO2. The van der Waals surface area contributed by atoms with Gasteiger partial charge in [-0.3, -0.25) is 4.79 Å². The number of carbonyl (C=O) groups excluding carboxylic acids is 1. The Kier molecular flexibility index (Phi) is 5.59. The van der Waals surface area contributed by atoms with Gasteiger partial charge in [0.2, 0.25) is 0 Å². The number of para-hydroxylation sites is 1. The fourth-order valence-corrected chi connectivity index (χ4v) is 2.26. The van der Waals surface area contributed by atoms with Gasteiger partial charge in [0.25, 0.3) is 5.91 Å². The molecule has 0 unspecified atom stereocenters. The van der Waals surface area contributed by atoms with Crippen LogP contribution in [0.1, 0.15) is 41.3 Å². The van der Waals surface area contributed by atoms with Gasteiger partial charge in [0, 0.05) is 11.3 Å². The molecule has 2 aromatic carbocycles. The Hall–Kier alpha value is -2.29. The quantitative estimate of drug-likeness (QED) is 0.782. The number of hydrogen-bond donors (Lipinski definition) is 1. The number of anilines is 1. The van der Waals surface area contributed by atoms with Crippen LogP contribution in [0.25, 0.3) is 0 Å². The second-order valence-corrected chi connectivity index (χ2v) is 5.45. The molecule has 0 aliphatic rings. The van der Waals surface area contributed by atoms with Gasteiger partial charge in [-0.2, -0.15) is 0 Å². The van der Waals surface area contributed by atoms with Crippen molar-refractivity contribution < 1.29 is 9.53 Å². The highest BCUT2D eigenvalue weighted by Gasteiger charge is 2.10. The highest BCUT2D eigenvalue weighted by molar-refractivity contribution is 6.05. The van der Waals surface area contributed by atoms with Gasteiger partial charge in [0.1, 0.15) is 5.75 Å². The van der Waals surface area contributed by atoms with Crippen molar-refractivity contribution in [1.82, 2.24) is 0 Å². The molecule has 0 radical (unpaired) electrons. The van der Waals surface area contributed by atoms with Gasteiger partial charge in [-0.05, 0) is 49.6 Å². The summed E-state index contributed by atoms with van der Waals surface area (Å²) >= 11 is 0. The van der Waals surface area contributed by atoms with Gasteiger partial charge in [-0.25, -0.2) is 0 Å². The molecule has 0 saturated heterocycles. The first-order valence-electron chi connectivity index (χ1n) is 7.72. The van der Waals surface area contributed by atoms with Crippen LogP contribution >= 0.6 is 0 Å². The Morgan fingerprint density at radius 3 is 2.45 bits per heavy atom. The van der Waals surface area contributed by atoms with E-state index in [4.69, 9.17) is 4.74 Å². The molecule has 0 aliphatic carbocycles. The summed E-state index contributed by atoms with van der Waals surface area (Å²) in [5, 5.41) is 2.99. The van der Waals surface area contributed by atoms with Crippen molar-refractivity contribution in [2.75, 3.05) is 11.9 Å². The maximum Gasteiger partial charge on any atom is 0.255 e. The number of carbonyl (C=O) groups is 1. The molecule has 1 amide bonds. The van der Waals surface area contributed by atoms with Gasteiger partial charge in [0.15, 0.2) is 0 Å². The summed E-state index contributed by atoms with van der Waals surface area (Å²) in [6.07, 6.45) is 2.10. The Morgan fingerprint density at radius 1 is 1.09 bits per heavy atom. The van der Waals surface area contributed by atoms with Crippen LogP contribution in [0, 0.1) is 13.8 Å². The fraction of sp³-hybridized carbons (Fsp3) is 0.316. The number of rotatable bonds is 6. The number of amides is 1. The minimum absolute atomic E-state index is 0.113. The number of unbranched alkanes of at least 4 members (excludes halogenated alkanes) is 1. The third-order valence-corrected chi connectivity index (χ3v) is 3.58. The minimum Gasteiger partial charge on any atom is -0.494 e. The average Bonchev–Trinajstić information content (AvgIpc) is 2.51. The molecule has 2 aromatic rings. The van der Waals surface area contributed by atoms with Gasteiger partial charge in [0.05, 0.1) is 6.61 Å². The average molecular weight is 297 g/mol. The number of ether oxygens (including phenoxy) is 1. The van der Waals surface area contributed by atoms with Gasteiger partial charge in [-0.1, -0.05) is 37.6 Å². The van der Waals surface area contributed by atoms with Gasteiger partial charge < -0.3 is 10.1 Å². The summed E-state index contributed by atoms with van der Waals surface area (Å²) in [5.74, 6) is 0.626. The van der Waals surface area contributed by atoms with Crippen LogP contribution < -0.4 is 10.1 Å². The molecule has 0 aliphatic heterocycles. The molecule has 1 N–H and O–H groups in total. The van der Waals surface area contributed by atoms with Crippen LogP contribution in [0.15, 0.2) is 42.5 Å². The first-order chi connectivity index (χ1) is 10.6. The van der Waals surface area contributed by atoms with E-state index in [2.05, 4.69) is 12.2 Å². The Balaban J connectivity index is 2.11. The fourth-order valence-electron chi connectivity index (χ4n) is 2.26. The van der Waals surface area contributed by atoms with Crippen molar-refractivity contribution in [3.63, 3.8) is 0 Å². The molecule has 0 bridgehead atoms. The molecule has 0 atom stereocenters. The molecule has 0 heterocycles. The summed E-state index contributed by atoms with van der Waals surface area (Å²) in [5.41, 5.74) is 3.61. The molecule has 2 rings (SSSR count). The van der Waals surface area contributed by atoms with Crippen molar-refractivity contribution in [1.29, 1.82) is 0 Å². The third-order valence-electron chi connectivity index (χ3n) is 3.58. The molecule has 3 heteroatoms.